The molecule has 0 saturated carbocycles. The van der Waals surface area contributed by atoms with E-state index in [0.717, 1.165) is 6.54 Å². The van der Waals surface area contributed by atoms with Crippen LogP contribution < -0.4 is 5.32 Å². The number of nitriles is 1. The molecule has 0 heterocycles. The standard InChI is InChI=1S/C13H17FN2O/c1-10(2)16-5-6-17-9-12-7-13(14)4-3-11(12)8-15/h3-4,7,10,16H,5-6,9H2,1-2H3. The summed E-state index contributed by atoms with van der Waals surface area (Å²) in [4.78, 5) is 0. The average molecular weight is 236 g/mol. The van der Waals surface area contributed by atoms with E-state index in [4.69, 9.17) is 10.00 Å². The Bertz CT molecular complexity index is 399. The van der Waals surface area contributed by atoms with Gasteiger partial charge in [-0.1, -0.05) is 13.8 Å². The third-order valence-electron chi connectivity index (χ3n) is 2.24. The fourth-order valence-electron chi connectivity index (χ4n) is 1.39. The van der Waals surface area contributed by atoms with Crippen molar-refractivity contribution >= 4 is 0 Å². The maximum Gasteiger partial charge on any atom is 0.123 e. The molecule has 3 nitrogen and oxygen atoms in total. The molecule has 17 heavy (non-hydrogen) atoms. The van der Waals surface area contributed by atoms with Crippen molar-refractivity contribution in [3.05, 3.63) is 35.1 Å². The smallest absolute Gasteiger partial charge is 0.123 e. The van der Waals surface area contributed by atoms with Crippen molar-refractivity contribution in [3.63, 3.8) is 0 Å². The third-order valence-corrected chi connectivity index (χ3v) is 2.24. The highest BCUT2D eigenvalue weighted by molar-refractivity contribution is 5.37. The zero-order valence-electron chi connectivity index (χ0n) is 10.2. The van der Waals surface area contributed by atoms with Gasteiger partial charge in [0.15, 0.2) is 0 Å². The Hall–Kier alpha value is -1.44. The van der Waals surface area contributed by atoms with Crippen LogP contribution in [0.5, 0.6) is 0 Å². The Morgan fingerprint density at radius 3 is 2.88 bits per heavy atom. The predicted octanol–water partition coefficient (Wildman–Crippen LogP) is 2.21. The number of ether oxygens (including phenoxy) is 1. The first-order valence-electron chi connectivity index (χ1n) is 5.63. The van der Waals surface area contributed by atoms with E-state index in [1.54, 1.807) is 0 Å². The second kappa shape index (κ2) is 7.00. The normalized spacial score (nSPS) is 10.5. The third kappa shape index (κ3) is 4.94. The maximum absolute atomic E-state index is 13.0. The number of benzene rings is 1. The van der Waals surface area contributed by atoms with Crippen molar-refractivity contribution in [2.45, 2.75) is 26.5 Å². The van der Waals surface area contributed by atoms with Crippen LogP contribution in [0.3, 0.4) is 0 Å². The summed E-state index contributed by atoms with van der Waals surface area (Å²) in [6.45, 7) is 5.66. The fourth-order valence-corrected chi connectivity index (χ4v) is 1.39. The molecule has 0 aliphatic carbocycles. The van der Waals surface area contributed by atoms with Crippen LogP contribution in [0.4, 0.5) is 4.39 Å². The molecular weight excluding hydrogens is 219 g/mol. The highest BCUT2D eigenvalue weighted by Gasteiger charge is 2.03. The summed E-state index contributed by atoms with van der Waals surface area (Å²) >= 11 is 0. The lowest BCUT2D eigenvalue weighted by Crippen LogP contribution is -2.26. The summed E-state index contributed by atoms with van der Waals surface area (Å²) in [6.07, 6.45) is 0. The van der Waals surface area contributed by atoms with Crippen molar-refractivity contribution in [2.24, 2.45) is 0 Å². The van der Waals surface area contributed by atoms with Crippen molar-refractivity contribution < 1.29 is 9.13 Å². The molecule has 1 rings (SSSR count). The van der Waals surface area contributed by atoms with Gasteiger partial charge in [-0.25, -0.2) is 4.39 Å². The molecular formula is C13H17FN2O. The molecule has 0 bridgehead atoms. The van der Waals surface area contributed by atoms with E-state index < -0.39 is 0 Å². The highest BCUT2D eigenvalue weighted by Crippen LogP contribution is 2.11. The minimum atomic E-state index is -0.345. The van der Waals surface area contributed by atoms with Crippen molar-refractivity contribution in [1.29, 1.82) is 5.26 Å². The second-order valence-electron chi connectivity index (χ2n) is 4.07. The molecule has 4 heteroatoms. The molecule has 0 fully saturated rings. The minimum absolute atomic E-state index is 0.264. The molecule has 1 N–H and O–H groups in total. The predicted molar refractivity (Wildman–Crippen MR) is 63.9 cm³/mol. The van der Waals surface area contributed by atoms with Crippen LogP contribution in [0.15, 0.2) is 18.2 Å². The monoisotopic (exact) mass is 236 g/mol. The molecule has 92 valence electrons. The summed E-state index contributed by atoms with van der Waals surface area (Å²) in [7, 11) is 0. The first kappa shape index (κ1) is 13.6. The van der Waals surface area contributed by atoms with E-state index in [1.807, 2.05) is 6.07 Å². The molecule has 0 aromatic heterocycles. The lowest BCUT2D eigenvalue weighted by molar-refractivity contribution is 0.121. The van der Waals surface area contributed by atoms with Gasteiger partial charge in [-0.3, -0.25) is 0 Å². The minimum Gasteiger partial charge on any atom is -0.375 e. The van der Waals surface area contributed by atoms with Gasteiger partial charge < -0.3 is 10.1 Å². The first-order chi connectivity index (χ1) is 8.13. The second-order valence-corrected chi connectivity index (χ2v) is 4.07. The van der Waals surface area contributed by atoms with Crippen molar-refractivity contribution in [2.75, 3.05) is 13.2 Å². The number of hydrogen-bond donors (Lipinski definition) is 1. The van der Waals surface area contributed by atoms with Crippen molar-refractivity contribution in [3.8, 4) is 6.07 Å². The van der Waals surface area contributed by atoms with Gasteiger partial charge in [0.25, 0.3) is 0 Å². The van der Waals surface area contributed by atoms with E-state index in [0.29, 0.717) is 23.8 Å². The molecule has 0 aliphatic rings. The summed E-state index contributed by atoms with van der Waals surface area (Å²) in [5, 5.41) is 12.1. The van der Waals surface area contributed by atoms with Gasteiger partial charge in [0, 0.05) is 12.6 Å². The SMILES string of the molecule is CC(C)NCCOCc1cc(F)ccc1C#N. The molecule has 0 amide bonds. The molecule has 0 saturated heterocycles. The van der Waals surface area contributed by atoms with E-state index in [1.165, 1.54) is 18.2 Å². The fraction of sp³-hybridized carbons (Fsp3) is 0.462. The highest BCUT2D eigenvalue weighted by atomic mass is 19.1. The number of rotatable bonds is 6. The lowest BCUT2D eigenvalue weighted by atomic mass is 10.1. The van der Waals surface area contributed by atoms with Crippen LogP contribution >= 0.6 is 0 Å². The largest absolute Gasteiger partial charge is 0.375 e. The van der Waals surface area contributed by atoms with Crippen LogP contribution in [-0.4, -0.2) is 19.2 Å². The topological polar surface area (TPSA) is 45.0 Å². The van der Waals surface area contributed by atoms with Crippen molar-refractivity contribution in [1.82, 2.24) is 5.32 Å². The van der Waals surface area contributed by atoms with Gasteiger partial charge in [-0.2, -0.15) is 5.26 Å². The first-order valence-corrected chi connectivity index (χ1v) is 5.63. The molecule has 0 aliphatic heterocycles. The molecule has 0 atom stereocenters. The average Bonchev–Trinajstić information content (AvgIpc) is 2.28. The lowest BCUT2D eigenvalue weighted by Gasteiger charge is -2.09. The zero-order chi connectivity index (χ0) is 12.7. The number of halogens is 1. The van der Waals surface area contributed by atoms with E-state index >= 15 is 0 Å². The summed E-state index contributed by atoms with van der Waals surface area (Å²) in [6, 6.07) is 6.53. The summed E-state index contributed by atoms with van der Waals surface area (Å²) in [5.74, 6) is -0.345. The number of nitrogens with one attached hydrogen (secondary N) is 1. The molecule has 0 spiro atoms. The van der Waals surface area contributed by atoms with Gasteiger partial charge in [0.2, 0.25) is 0 Å². The Labute approximate surface area is 101 Å². The van der Waals surface area contributed by atoms with Crippen LogP contribution in [0.1, 0.15) is 25.0 Å². The van der Waals surface area contributed by atoms with E-state index in [-0.39, 0.29) is 12.4 Å². The van der Waals surface area contributed by atoms with E-state index in [9.17, 15) is 4.39 Å². The zero-order valence-corrected chi connectivity index (χ0v) is 10.2. The maximum atomic E-state index is 13.0. The molecule has 0 radical (unpaired) electrons. The quantitative estimate of drug-likeness (QED) is 0.770. The van der Waals surface area contributed by atoms with Gasteiger partial charge in [-0.05, 0) is 23.8 Å². The van der Waals surface area contributed by atoms with Crippen LogP contribution in [0.2, 0.25) is 0 Å². The van der Waals surface area contributed by atoms with Gasteiger partial charge in [-0.15, -0.1) is 0 Å². The van der Waals surface area contributed by atoms with Crippen LogP contribution in [0.25, 0.3) is 0 Å². The Kier molecular flexibility index (Phi) is 5.61. The van der Waals surface area contributed by atoms with Crippen LogP contribution in [0, 0.1) is 17.1 Å². The molecule has 0 unspecified atom stereocenters. The summed E-state index contributed by atoms with van der Waals surface area (Å²) in [5.41, 5.74) is 1.06. The molecule has 1 aromatic carbocycles. The Balaban J connectivity index is 2.41. The van der Waals surface area contributed by atoms with Gasteiger partial charge in [0.1, 0.15) is 5.82 Å². The van der Waals surface area contributed by atoms with Gasteiger partial charge >= 0.3 is 0 Å². The number of hydrogen-bond acceptors (Lipinski definition) is 3. The van der Waals surface area contributed by atoms with Gasteiger partial charge in [0.05, 0.1) is 24.8 Å². The summed E-state index contributed by atoms with van der Waals surface area (Å²) < 4.78 is 18.4. The number of nitrogens with zero attached hydrogens (tertiary/aromatic N) is 1. The Morgan fingerprint density at radius 2 is 2.24 bits per heavy atom. The molecule has 1 aromatic rings. The van der Waals surface area contributed by atoms with Crippen LogP contribution in [-0.2, 0) is 11.3 Å². The Morgan fingerprint density at radius 1 is 1.47 bits per heavy atom. The van der Waals surface area contributed by atoms with E-state index in [2.05, 4.69) is 19.2 Å².